The van der Waals surface area contributed by atoms with Gasteiger partial charge in [0, 0.05) is 18.2 Å². The first-order valence-corrected chi connectivity index (χ1v) is 7.98. The molecule has 0 atom stereocenters. The molecule has 0 spiro atoms. The van der Waals surface area contributed by atoms with Crippen LogP contribution < -0.4 is 14.2 Å². The summed E-state index contributed by atoms with van der Waals surface area (Å²) >= 11 is 0. The van der Waals surface area contributed by atoms with Gasteiger partial charge in [-0.15, -0.1) is 10.2 Å². The number of nitrogens with zero attached hydrogens (tertiary/aromatic N) is 3. The molecule has 2 aromatic carbocycles. The number of rotatable bonds is 6. The number of aromatic amines is 1. The number of azo groups is 1. The minimum atomic E-state index is 0.459. The van der Waals surface area contributed by atoms with Gasteiger partial charge < -0.3 is 14.2 Å². The number of methoxy groups -OCH3 is 3. The van der Waals surface area contributed by atoms with Crippen LogP contribution in [-0.4, -0.2) is 31.5 Å². The van der Waals surface area contributed by atoms with Crippen molar-refractivity contribution in [3.63, 3.8) is 0 Å². The predicted octanol–water partition coefficient (Wildman–Crippen LogP) is 4.83. The van der Waals surface area contributed by atoms with Gasteiger partial charge in [0.1, 0.15) is 5.75 Å². The normalized spacial score (nSPS) is 10.9. The lowest BCUT2D eigenvalue weighted by molar-refractivity contribution is 0.377. The smallest absolute Gasteiger partial charge is 0.196 e. The van der Waals surface area contributed by atoms with Gasteiger partial charge >= 0.3 is 0 Å². The lowest BCUT2D eigenvalue weighted by atomic mass is 10.1. The Balaban J connectivity index is 1.90. The van der Waals surface area contributed by atoms with Crippen LogP contribution in [0.5, 0.6) is 17.2 Å². The number of ether oxygens (including phenoxy) is 3. The Labute approximate surface area is 151 Å². The van der Waals surface area contributed by atoms with Crippen LogP contribution in [0.25, 0.3) is 11.3 Å². The summed E-state index contributed by atoms with van der Waals surface area (Å²) in [5.74, 6) is 2.07. The lowest BCUT2D eigenvalue weighted by Crippen LogP contribution is -1.91. The summed E-state index contributed by atoms with van der Waals surface area (Å²) < 4.78 is 16.0. The van der Waals surface area contributed by atoms with E-state index in [0.29, 0.717) is 28.8 Å². The fourth-order valence-electron chi connectivity index (χ4n) is 2.43. The van der Waals surface area contributed by atoms with Gasteiger partial charge in [0.15, 0.2) is 23.0 Å². The Morgan fingerprint density at radius 3 is 2.08 bits per heavy atom. The third-order valence-corrected chi connectivity index (χ3v) is 3.87. The summed E-state index contributed by atoms with van der Waals surface area (Å²) in [6, 6.07) is 13.4. The predicted molar refractivity (Wildman–Crippen MR) is 99.0 cm³/mol. The number of H-pyrrole nitrogens is 1. The number of aryl methyl sites for hydroxylation is 1. The van der Waals surface area contributed by atoms with Gasteiger partial charge in [0.2, 0.25) is 0 Å². The molecule has 26 heavy (non-hydrogen) atoms. The Morgan fingerprint density at radius 2 is 1.50 bits per heavy atom. The molecule has 7 nitrogen and oxygen atoms in total. The highest BCUT2D eigenvalue weighted by molar-refractivity contribution is 5.65. The molecule has 0 saturated carbocycles. The van der Waals surface area contributed by atoms with E-state index in [2.05, 4.69) is 20.4 Å². The van der Waals surface area contributed by atoms with Crippen LogP contribution in [0.4, 0.5) is 11.5 Å². The molecule has 0 aliphatic heterocycles. The zero-order valence-electron chi connectivity index (χ0n) is 15.1. The molecule has 0 amide bonds. The van der Waals surface area contributed by atoms with Crippen LogP contribution in [0.15, 0.2) is 52.7 Å². The summed E-state index contributed by atoms with van der Waals surface area (Å²) in [6.45, 7) is 2.05. The van der Waals surface area contributed by atoms with Crippen LogP contribution in [0.1, 0.15) is 5.56 Å². The molecule has 3 rings (SSSR count). The molecule has 0 saturated heterocycles. The van der Waals surface area contributed by atoms with Crippen molar-refractivity contribution in [2.75, 3.05) is 21.3 Å². The summed E-state index contributed by atoms with van der Waals surface area (Å²) in [5.41, 5.74) is 3.57. The molecule has 1 N–H and O–H groups in total. The van der Waals surface area contributed by atoms with E-state index >= 15 is 0 Å². The molecular weight excluding hydrogens is 332 g/mol. The van der Waals surface area contributed by atoms with Gasteiger partial charge in [0.25, 0.3) is 0 Å². The average molecular weight is 352 g/mol. The van der Waals surface area contributed by atoms with Crippen LogP contribution in [0.2, 0.25) is 0 Å². The van der Waals surface area contributed by atoms with Gasteiger partial charge in [-0.25, -0.2) is 0 Å². The minimum Gasteiger partial charge on any atom is -0.496 e. The Morgan fingerprint density at radius 1 is 0.846 bits per heavy atom. The van der Waals surface area contributed by atoms with Gasteiger partial charge in [-0.05, 0) is 12.5 Å². The van der Waals surface area contributed by atoms with E-state index in [9.17, 15) is 0 Å². The Kier molecular flexibility index (Phi) is 5.17. The molecule has 0 fully saturated rings. The van der Waals surface area contributed by atoms with E-state index in [0.717, 1.165) is 11.3 Å². The Hall–Kier alpha value is -3.35. The molecule has 0 aliphatic rings. The fraction of sp³-hybridized carbons (Fsp3) is 0.211. The van der Waals surface area contributed by atoms with Crippen molar-refractivity contribution in [3.8, 4) is 28.5 Å². The lowest BCUT2D eigenvalue weighted by Gasteiger charge is -2.10. The number of benzene rings is 2. The average Bonchev–Trinajstić information content (AvgIpc) is 3.15. The van der Waals surface area contributed by atoms with E-state index in [-0.39, 0.29) is 0 Å². The minimum absolute atomic E-state index is 0.459. The molecule has 0 radical (unpaired) electrons. The molecule has 134 valence electrons. The van der Waals surface area contributed by atoms with E-state index < -0.39 is 0 Å². The number of nitrogens with one attached hydrogen (secondary N) is 1. The quantitative estimate of drug-likeness (QED) is 0.645. The zero-order valence-corrected chi connectivity index (χ0v) is 15.1. The van der Waals surface area contributed by atoms with Crippen molar-refractivity contribution < 1.29 is 14.2 Å². The second kappa shape index (κ2) is 7.69. The van der Waals surface area contributed by atoms with Crippen LogP contribution in [-0.2, 0) is 0 Å². The molecule has 0 aliphatic carbocycles. The van der Waals surface area contributed by atoms with Gasteiger partial charge in [-0.1, -0.05) is 29.8 Å². The summed E-state index contributed by atoms with van der Waals surface area (Å²) in [4.78, 5) is 0. The maximum atomic E-state index is 5.36. The van der Waals surface area contributed by atoms with Crippen molar-refractivity contribution in [1.29, 1.82) is 0 Å². The van der Waals surface area contributed by atoms with Crippen molar-refractivity contribution in [1.82, 2.24) is 10.2 Å². The maximum Gasteiger partial charge on any atom is 0.196 e. The third kappa shape index (κ3) is 3.66. The van der Waals surface area contributed by atoms with Crippen molar-refractivity contribution in [3.05, 3.63) is 48.0 Å². The zero-order chi connectivity index (χ0) is 18.5. The molecule has 0 bridgehead atoms. The first kappa shape index (κ1) is 17.5. The highest BCUT2D eigenvalue weighted by atomic mass is 16.5. The van der Waals surface area contributed by atoms with Gasteiger partial charge in [-0.3, -0.25) is 5.10 Å². The van der Waals surface area contributed by atoms with Crippen molar-refractivity contribution in [2.45, 2.75) is 6.92 Å². The van der Waals surface area contributed by atoms with E-state index in [1.54, 1.807) is 33.5 Å². The maximum absolute atomic E-state index is 5.36. The van der Waals surface area contributed by atoms with Crippen LogP contribution in [0.3, 0.4) is 0 Å². The van der Waals surface area contributed by atoms with E-state index in [1.807, 2.05) is 37.3 Å². The first-order chi connectivity index (χ1) is 12.6. The molecule has 7 heteroatoms. The number of hydrogen-bond acceptors (Lipinski definition) is 6. The third-order valence-electron chi connectivity index (χ3n) is 3.87. The monoisotopic (exact) mass is 352 g/mol. The highest BCUT2D eigenvalue weighted by Gasteiger charge is 2.13. The standard InChI is InChI=1S/C19H20N4O3/c1-12-5-7-13(8-6-12)15-11-18(21-20-15)22-23-19-16(25-3)9-14(24-2)10-17(19)26-4/h5-11H,1-4H3,(H,20,21). The van der Waals surface area contributed by atoms with E-state index in [1.165, 1.54) is 5.56 Å². The van der Waals surface area contributed by atoms with Crippen LogP contribution >= 0.6 is 0 Å². The first-order valence-electron chi connectivity index (χ1n) is 7.98. The van der Waals surface area contributed by atoms with Gasteiger partial charge in [0.05, 0.1) is 27.0 Å². The number of hydrogen-bond donors (Lipinski definition) is 1. The largest absolute Gasteiger partial charge is 0.496 e. The SMILES string of the molecule is COc1cc(OC)c(N=Nc2cc(-c3ccc(C)cc3)[nH]n2)c(OC)c1. The fourth-order valence-corrected chi connectivity index (χ4v) is 2.43. The van der Waals surface area contributed by atoms with Gasteiger partial charge in [-0.2, -0.15) is 5.10 Å². The molecule has 1 aromatic heterocycles. The second-order valence-electron chi connectivity index (χ2n) is 5.59. The summed E-state index contributed by atoms with van der Waals surface area (Å²) in [5, 5.41) is 15.6. The van der Waals surface area contributed by atoms with Crippen molar-refractivity contribution >= 4 is 11.5 Å². The molecule has 0 unspecified atom stereocenters. The van der Waals surface area contributed by atoms with Crippen LogP contribution in [0, 0.1) is 6.92 Å². The Bertz CT molecular complexity index is 892. The highest BCUT2D eigenvalue weighted by Crippen LogP contribution is 2.41. The second-order valence-corrected chi connectivity index (χ2v) is 5.59. The summed E-state index contributed by atoms with van der Waals surface area (Å²) in [6.07, 6.45) is 0. The molecular formula is C19H20N4O3. The number of aromatic nitrogens is 2. The molecule has 1 heterocycles. The molecule has 3 aromatic rings. The topological polar surface area (TPSA) is 81.1 Å². The summed E-state index contributed by atoms with van der Waals surface area (Å²) in [7, 11) is 4.68. The van der Waals surface area contributed by atoms with E-state index in [4.69, 9.17) is 14.2 Å². The van der Waals surface area contributed by atoms with Crippen molar-refractivity contribution in [2.24, 2.45) is 10.2 Å².